The minimum atomic E-state index is -0.827. The number of benzene rings is 2. The molecule has 0 bridgehead atoms. The zero-order valence-electron chi connectivity index (χ0n) is 12.6. The van der Waals surface area contributed by atoms with Crippen molar-refractivity contribution in [3.05, 3.63) is 59.2 Å². The Hall–Kier alpha value is -2.43. The molecule has 0 spiro atoms. The van der Waals surface area contributed by atoms with E-state index >= 15 is 0 Å². The van der Waals surface area contributed by atoms with Crippen molar-refractivity contribution in [3.63, 3.8) is 0 Å². The molecular weight excluding hydrogens is 288 g/mol. The van der Waals surface area contributed by atoms with Gasteiger partial charge in [0.25, 0.3) is 5.91 Å². The van der Waals surface area contributed by atoms with Crippen LogP contribution >= 0.6 is 0 Å². The van der Waals surface area contributed by atoms with Gasteiger partial charge in [0.1, 0.15) is 17.4 Å². The Morgan fingerprint density at radius 3 is 2.50 bits per heavy atom. The monoisotopic (exact) mass is 305 g/mol. The Morgan fingerprint density at radius 2 is 1.86 bits per heavy atom. The predicted molar refractivity (Wildman–Crippen MR) is 81.0 cm³/mol. The van der Waals surface area contributed by atoms with Crippen molar-refractivity contribution < 1.29 is 18.3 Å². The van der Waals surface area contributed by atoms with Crippen molar-refractivity contribution in [2.45, 2.75) is 26.9 Å². The number of carbonyl (C=O) groups excluding carboxylic acids is 1. The molecule has 2 aromatic carbocycles. The molecule has 22 heavy (non-hydrogen) atoms. The van der Waals surface area contributed by atoms with Gasteiger partial charge in [0.15, 0.2) is 6.10 Å². The van der Waals surface area contributed by atoms with Gasteiger partial charge in [0, 0.05) is 6.07 Å². The highest BCUT2D eigenvalue weighted by molar-refractivity contribution is 5.94. The van der Waals surface area contributed by atoms with Gasteiger partial charge in [-0.3, -0.25) is 4.79 Å². The van der Waals surface area contributed by atoms with Crippen LogP contribution in [0.3, 0.4) is 0 Å². The van der Waals surface area contributed by atoms with Gasteiger partial charge < -0.3 is 10.1 Å². The molecule has 1 atom stereocenters. The minimum Gasteiger partial charge on any atom is -0.481 e. The molecule has 0 aromatic heterocycles. The SMILES string of the molecule is Cc1ccc(O[C@@H](C)C(=O)Nc2ccc(F)cc2F)c(C)c1. The van der Waals surface area contributed by atoms with Crippen LogP contribution in [0.15, 0.2) is 36.4 Å². The number of anilines is 1. The minimum absolute atomic E-state index is 0.0810. The number of hydrogen-bond donors (Lipinski definition) is 1. The van der Waals surface area contributed by atoms with Crippen molar-refractivity contribution >= 4 is 11.6 Å². The molecule has 3 nitrogen and oxygen atoms in total. The Bertz CT molecular complexity index is 701. The second-order valence-electron chi connectivity index (χ2n) is 5.14. The van der Waals surface area contributed by atoms with Crippen LogP contribution in [0.2, 0.25) is 0 Å². The molecule has 1 N–H and O–H groups in total. The number of halogens is 2. The van der Waals surface area contributed by atoms with Crippen molar-refractivity contribution in [2.24, 2.45) is 0 Å². The van der Waals surface area contributed by atoms with E-state index in [1.807, 2.05) is 26.0 Å². The Kier molecular flexibility index (Phi) is 4.75. The number of hydrogen-bond acceptors (Lipinski definition) is 2. The molecule has 0 aliphatic heterocycles. The van der Waals surface area contributed by atoms with E-state index in [2.05, 4.69) is 5.32 Å². The molecule has 0 fully saturated rings. The van der Waals surface area contributed by atoms with E-state index in [1.54, 1.807) is 13.0 Å². The second-order valence-corrected chi connectivity index (χ2v) is 5.14. The van der Waals surface area contributed by atoms with E-state index in [-0.39, 0.29) is 5.69 Å². The first-order valence-corrected chi connectivity index (χ1v) is 6.86. The molecule has 1 amide bonds. The molecule has 2 rings (SSSR count). The Morgan fingerprint density at radius 1 is 1.14 bits per heavy atom. The van der Waals surface area contributed by atoms with E-state index in [0.717, 1.165) is 17.2 Å². The van der Waals surface area contributed by atoms with Gasteiger partial charge in [0.05, 0.1) is 5.69 Å². The molecule has 0 saturated carbocycles. The lowest BCUT2D eigenvalue weighted by Crippen LogP contribution is -2.30. The number of nitrogens with one attached hydrogen (secondary N) is 1. The maximum atomic E-state index is 13.5. The number of ether oxygens (including phenoxy) is 1. The third-order valence-electron chi connectivity index (χ3n) is 3.19. The normalized spacial score (nSPS) is 11.9. The Labute approximate surface area is 127 Å². The van der Waals surface area contributed by atoms with Crippen molar-refractivity contribution in [2.75, 3.05) is 5.32 Å². The summed E-state index contributed by atoms with van der Waals surface area (Å²) in [6.07, 6.45) is -0.814. The predicted octanol–water partition coefficient (Wildman–Crippen LogP) is 3.99. The molecule has 0 aliphatic rings. The van der Waals surface area contributed by atoms with Crippen LogP contribution in [0.4, 0.5) is 14.5 Å². The van der Waals surface area contributed by atoms with Crippen molar-refractivity contribution in [1.29, 1.82) is 0 Å². The van der Waals surface area contributed by atoms with Crippen LogP contribution in [0.5, 0.6) is 5.75 Å². The lowest BCUT2D eigenvalue weighted by Gasteiger charge is -2.16. The first kappa shape index (κ1) is 15.9. The summed E-state index contributed by atoms with van der Waals surface area (Å²) in [6.45, 7) is 5.41. The molecule has 0 heterocycles. The van der Waals surface area contributed by atoms with Crippen LogP contribution in [-0.4, -0.2) is 12.0 Å². The second kappa shape index (κ2) is 6.56. The highest BCUT2D eigenvalue weighted by Crippen LogP contribution is 2.21. The molecular formula is C17H17F2NO2. The lowest BCUT2D eigenvalue weighted by atomic mass is 10.1. The largest absolute Gasteiger partial charge is 0.481 e. The quantitative estimate of drug-likeness (QED) is 0.927. The van der Waals surface area contributed by atoms with Crippen LogP contribution in [0.25, 0.3) is 0 Å². The lowest BCUT2D eigenvalue weighted by molar-refractivity contribution is -0.122. The van der Waals surface area contributed by atoms with Gasteiger partial charge in [0.2, 0.25) is 0 Å². The fourth-order valence-electron chi connectivity index (χ4n) is 2.00. The van der Waals surface area contributed by atoms with E-state index < -0.39 is 23.6 Å². The average Bonchev–Trinajstić information content (AvgIpc) is 2.44. The maximum absolute atomic E-state index is 13.5. The van der Waals surface area contributed by atoms with E-state index in [4.69, 9.17) is 4.74 Å². The third kappa shape index (κ3) is 3.81. The molecule has 2 aromatic rings. The highest BCUT2D eigenvalue weighted by atomic mass is 19.1. The van der Waals surface area contributed by atoms with Crippen LogP contribution in [-0.2, 0) is 4.79 Å². The van der Waals surface area contributed by atoms with Crippen molar-refractivity contribution in [3.8, 4) is 5.75 Å². The summed E-state index contributed by atoms with van der Waals surface area (Å²) < 4.78 is 31.9. The van der Waals surface area contributed by atoms with Crippen LogP contribution in [0, 0.1) is 25.5 Å². The topological polar surface area (TPSA) is 38.3 Å². The fourth-order valence-corrected chi connectivity index (χ4v) is 2.00. The maximum Gasteiger partial charge on any atom is 0.265 e. The van der Waals surface area contributed by atoms with Crippen molar-refractivity contribution in [1.82, 2.24) is 0 Å². The van der Waals surface area contributed by atoms with Gasteiger partial charge in [-0.1, -0.05) is 17.7 Å². The number of amides is 1. The smallest absolute Gasteiger partial charge is 0.265 e. The highest BCUT2D eigenvalue weighted by Gasteiger charge is 2.17. The zero-order valence-corrected chi connectivity index (χ0v) is 12.6. The van der Waals surface area contributed by atoms with E-state index in [9.17, 15) is 13.6 Å². The Balaban J connectivity index is 2.05. The van der Waals surface area contributed by atoms with Gasteiger partial charge >= 0.3 is 0 Å². The number of rotatable bonds is 4. The van der Waals surface area contributed by atoms with Crippen LogP contribution < -0.4 is 10.1 Å². The van der Waals surface area contributed by atoms with Crippen LogP contribution in [0.1, 0.15) is 18.1 Å². The van der Waals surface area contributed by atoms with E-state index in [1.165, 1.54) is 6.07 Å². The summed E-state index contributed by atoms with van der Waals surface area (Å²) in [4.78, 5) is 12.0. The molecule has 0 saturated heterocycles. The molecule has 0 aliphatic carbocycles. The summed E-state index contributed by atoms with van der Waals surface area (Å²) in [5.41, 5.74) is 1.92. The molecule has 0 radical (unpaired) electrons. The number of aryl methyl sites for hydroxylation is 2. The van der Waals surface area contributed by atoms with Gasteiger partial charge in [-0.2, -0.15) is 0 Å². The average molecular weight is 305 g/mol. The summed E-state index contributed by atoms with van der Waals surface area (Å²) in [5.74, 6) is -1.44. The third-order valence-corrected chi connectivity index (χ3v) is 3.19. The van der Waals surface area contributed by atoms with Gasteiger partial charge in [-0.05, 0) is 44.5 Å². The van der Waals surface area contributed by atoms with Gasteiger partial charge in [-0.25, -0.2) is 8.78 Å². The first-order chi connectivity index (χ1) is 10.4. The molecule has 0 unspecified atom stereocenters. The summed E-state index contributed by atoms with van der Waals surface area (Å²) >= 11 is 0. The van der Waals surface area contributed by atoms with Gasteiger partial charge in [-0.15, -0.1) is 0 Å². The standard InChI is InChI=1S/C17H17F2NO2/c1-10-4-7-16(11(2)8-10)22-12(3)17(21)20-15-6-5-13(18)9-14(15)19/h4-9,12H,1-3H3,(H,20,21)/t12-/m0/s1. The molecule has 116 valence electrons. The summed E-state index contributed by atoms with van der Waals surface area (Å²) in [7, 11) is 0. The zero-order chi connectivity index (χ0) is 16.3. The number of carbonyl (C=O) groups is 1. The molecule has 5 heteroatoms. The fraction of sp³-hybridized carbons (Fsp3) is 0.235. The van der Waals surface area contributed by atoms with E-state index in [0.29, 0.717) is 11.8 Å². The summed E-state index contributed by atoms with van der Waals surface area (Å²) in [6, 6.07) is 8.57. The summed E-state index contributed by atoms with van der Waals surface area (Å²) in [5, 5.41) is 2.38. The first-order valence-electron chi connectivity index (χ1n) is 6.86.